The van der Waals surface area contributed by atoms with E-state index >= 15 is 0 Å². The largest absolute Gasteiger partial charge is 0.382 e. The molecular formula is C21H18FN5O. The van der Waals surface area contributed by atoms with Gasteiger partial charge in [0.1, 0.15) is 17.3 Å². The number of rotatable bonds is 6. The standard InChI is InChI=1S/C21H18FN5O/c22-17-7-6-14(10-15(17)13-25-18-5-3-8-24-21(18)23)11-20(28)19-12-16-4-1-2-9-27(16)26-19/h1-10,12,25H,11,13H2,(H2,23,24). The number of ketones is 1. The number of nitrogens with zero attached hydrogens (tertiary/aromatic N) is 3. The third-order valence-corrected chi connectivity index (χ3v) is 4.44. The lowest BCUT2D eigenvalue weighted by molar-refractivity contribution is 0.0988. The molecule has 0 aliphatic rings. The normalized spacial score (nSPS) is 10.9. The minimum atomic E-state index is -0.348. The smallest absolute Gasteiger partial charge is 0.187 e. The van der Waals surface area contributed by atoms with Crippen molar-refractivity contribution in [2.75, 3.05) is 11.1 Å². The number of halogens is 1. The van der Waals surface area contributed by atoms with Gasteiger partial charge in [-0.1, -0.05) is 18.2 Å². The van der Waals surface area contributed by atoms with Crippen molar-refractivity contribution in [3.05, 3.63) is 89.6 Å². The fourth-order valence-electron chi connectivity index (χ4n) is 2.98. The van der Waals surface area contributed by atoms with E-state index in [0.717, 1.165) is 11.1 Å². The number of aromatic nitrogens is 3. The number of carbonyl (C=O) groups excluding carboxylic acids is 1. The van der Waals surface area contributed by atoms with Crippen LogP contribution < -0.4 is 11.1 Å². The number of carbonyl (C=O) groups is 1. The predicted octanol–water partition coefficient (Wildman–Crippen LogP) is 3.49. The molecule has 3 heterocycles. The van der Waals surface area contributed by atoms with E-state index < -0.39 is 0 Å². The molecule has 4 rings (SSSR count). The molecule has 6 nitrogen and oxygen atoms in total. The van der Waals surface area contributed by atoms with Crippen LogP contribution in [0.5, 0.6) is 0 Å². The zero-order valence-corrected chi connectivity index (χ0v) is 15.0. The number of hydrogen-bond acceptors (Lipinski definition) is 5. The fourth-order valence-corrected chi connectivity index (χ4v) is 2.98. The predicted molar refractivity (Wildman–Crippen MR) is 106 cm³/mol. The zero-order valence-electron chi connectivity index (χ0n) is 15.0. The molecule has 3 aromatic heterocycles. The summed E-state index contributed by atoms with van der Waals surface area (Å²) in [7, 11) is 0. The Morgan fingerprint density at radius 3 is 2.86 bits per heavy atom. The molecule has 4 aromatic rings. The molecule has 0 radical (unpaired) electrons. The minimum absolute atomic E-state index is 0.120. The molecule has 28 heavy (non-hydrogen) atoms. The van der Waals surface area contributed by atoms with E-state index in [2.05, 4.69) is 15.4 Å². The molecule has 0 saturated heterocycles. The summed E-state index contributed by atoms with van der Waals surface area (Å²) in [6.07, 6.45) is 3.52. The number of nitrogens with one attached hydrogen (secondary N) is 1. The number of Topliss-reactive ketones (excluding diaryl/α,β-unsaturated/α-hetero) is 1. The molecule has 0 atom stereocenters. The Morgan fingerprint density at radius 2 is 2.04 bits per heavy atom. The number of fused-ring (bicyclic) bond motifs is 1. The number of hydrogen-bond donors (Lipinski definition) is 2. The molecule has 3 N–H and O–H groups in total. The molecule has 0 spiro atoms. The lowest BCUT2D eigenvalue weighted by Crippen LogP contribution is -2.08. The fraction of sp³-hybridized carbons (Fsp3) is 0.0952. The highest BCUT2D eigenvalue weighted by molar-refractivity contribution is 5.96. The Bertz CT molecular complexity index is 1120. The van der Waals surface area contributed by atoms with Crippen LogP contribution in [0.25, 0.3) is 5.52 Å². The molecule has 0 saturated carbocycles. The first-order chi connectivity index (χ1) is 13.6. The maximum atomic E-state index is 14.2. The van der Waals surface area contributed by atoms with Crippen LogP contribution in [0.15, 0.2) is 67.0 Å². The van der Waals surface area contributed by atoms with Gasteiger partial charge in [0.2, 0.25) is 0 Å². The zero-order chi connectivity index (χ0) is 19.5. The van der Waals surface area contributed by atoms with Crippen molar-refractivity contribution in [2.24, 2.45) is 0 Å². The second-order valence-corrected chi connectivity index (χ2v) is 6.42. The molecular weight excluding hydrogens is 357 g/mol. The minimum Gasteiger partial charge on any atom is -0.382 e. The first-order valence-corrected chi connectivity index (χ1v) is 8.79. The topological polar surface area (TPSA) is 85.3 Å². The van der Waals surface area contributed by atoms with Crippen molar-refractivity contribution in [1.29, 1.82) is 0 Å². The van der Waals surface area contributed by atoms with Crippen molar-refractivity contribution in [2.45, 2.75) is 13.0 Å². The van der Waals surface area contributed by atoms with Gasteiger partial charge >= 0.3 is 0 Å². The molecule has 140 valence electrons. The van der Waals surface area contributed by atoms with E-state index in [1.54, 1.807) is 47.2 Å². The summed E-state index contributed by atoms with van der Waals surface area (Å²) >= 11 is 0. The number of nitrogen functional groups attached to an aromatic ring is 1. The SMILES string of the molecule is Nc1ncccc1NCc1cc(CC(=O)c2cc3ccccn3n2)ccc1F. The van der Waals surface area contributed by atoms with Gasteiger partial charge in [0.15, 0.2) is 5.78 Å². The molecule has 7 heteroatoms. The van der Waals surface area contributed by atoms with Crippen molar-refractivity contribution < 1.29 is 9.18 Å². The Kier molecular flexibility index (Phi) is 4.72. The van der Waals surface area contributed by atoms with Crippen LogP contribution >= 0.6 is 0 Å². The summed E-state index contributed by atoms with van der Waals surface area (Å²) in [6.45, 7) is 0.234. The lowest BCUT2D eigenvalue weighted by Gasteiger charge is -2.10. The molecule has 0 aliphatic carbocycles. The number of benzene rings is 1. The number of pyridine rings is 2. The highest BCUT2D eigenvalue weighted by Gasteiger charge is 2.13. The van der Waals surface area contributed by atoms with Crippen molar-refractivity contribution in [3.8, 4) is 0 Å². The number of anilines is 2. The van der Waals surface area contributed by atoms with Crippen molar-refractivity contribution in [3.63, 3.8) is 0 Å². The molecule has 0 aliphatic heterocycles. The molecule has 1 aromatic carbocycles. The summed E-state index contributed by atoms with van der Waals surface area (Å²) < 4.78 is 15.8. The van der Waals surface area contributed by atoms with Crippen LogP contribution in [0.1, 0.15) is 21.6 Å². The average molecular weight is 375 g/mol. The lowest BCUT2D eigenvalue weighted by atomic mass is 10.0. The van der Waals surface area contributed by atoms with E-state index in [-0.39, 0.29) is 24.6 Å². The molecule has 0 unspecified atom stereocenters. The van der Waals surface area contributed by atoms with Crippen LogP contribution in [-0.2, 0) is 13.0 Å². The summed E-state index contributed by atoms with van der Waals surface area (Å²) in [5.41, 5.74) is 8.83. The third-order valence-electron chi connectivity index (χ3n) is 4.44. The van der Waals surface area contributed by atoms with Gasteiger partial charge in [0.25, 0.3) is 0 Å². The maximum absolute atomic E-state index is 14.2. The molecule has 0 fully saturated rings. The highest BCUT2D eigenvalue weighted by atomic mass is 19.1. The van der Waals surface area contributed by atoms with E-state index in [1.165, 1.54) is 6.07 Å². The van der Waals surface area contributed by atoms with Gasteiger partial charge in [-0.15, -0.1) is 0 Å². The van der Waals surface area contributed by atoms with Gasteiger partial charge in [-0.2, -0.15) is 5.10 Å². The second-order valence-electron chi connectivity index (χ2n) is 6.42. The van der Waals surface area contributed by atoms with Crippen molar-refractivity contribution in [1.82, 2.24) is 14.6 Å². The van der Waals surface area contributed by atoms with E-state index in [4.69, 9.17) is 5.73 Å². The van der Waals surface area contributed by atoms with Gasteiger partial charge in [0.05, 0.1) is 11.2 Å². The monoisotopic (exact) mass is 375 g/mol. The van der Waals surface area contributed by atoms with Gasteiger partial charge in [-0.25, -0.2) is 13.9 Å². The first kappa shape index (κ1) is 17.7. The second kappa shape index (κ2) is 7.48. The van der Waals surface area contributed by atoms with E-state index in [9.17, 15) is 9.18 Å². The third kappa shape index (κ3) is 3.68. The van der Waals surface area contributed by atoms with Crippen molar-refractivity contribution >= 4 is 22.8 Å². The average Bonchev–Trinajstić information content (AvgIpc) is 3.14. The Hall–Kier alpha value is -3.74. The maximum Gasteiger partial charge on any atom is 0.187 e. The Balaban J connectivity index is 1.50. The van der Waals surface area contributed by atoms with Crippen LogP contribution in [0.3, 0.4) is 0 Å². The molecule has 0 bridgehead atoms. The quantitative estimate of drug-likeness (QED) is 0.504. The Labute approximate surface area is 160 Å². The van der Waals surface area contributed by atoms with Crippen LogP contribution in [0.2, 0.25) is 0 Å². The summed E-state index contributed by atoms with van der Waals surface area (Å²) in [5.74, 6) is -0.120. The van der Waals surface area contributed by atoms with Crippen LogP contribution in [-0.4, -0.2) is 20.4 Å². The molecule has 0 amide bonds. The first-order valence-electron chi connectivity index (χ1n) is 8.79. The van der Waals surface area contributed by atoms with Crippen LogP contribution in [0.4, 0.5) is 15.9 Å². The summed E-state index contributed by atoms with van der Waals surface area (Å²) in [5, 5.41) is 7.37. The van der Waals surface area contributed by atoms with Gasteiger partial charge < -0.3 is 11.1 Å². The summed E-state index contributed by atoms with van der Waals surface area (Å²) in [6, 6.07) is 15.6. The summed E-state index contributed by atoms with van der Waals surface area (Å²) in [4.78, 5) is 16.6. The Morgan fingerprint density at radius 1 is 1.14 bits per heavy atom. The van der Waals surface area contributed by atoms with Gasteiger partial charge in [-0.05, 0) is 42.0 Å². The van der Waals surface area contributed by atoms with Crippen LogP contribution in [0, 0.1) is 5.82 Å². The van der Waals surface area contributed by atoms with Gasteiger partial charge in [-0.3, -0.25) is 4.79 Å². The van der Waals surface area contributed by atoms with Gasteiger partial charge in [0, 0.05) is 30.9 Å². The van der Waals surface area contributed by atoms with E-state index in [1.807, 2.05) is 18.2 Å². The number of nitrogens with two attached hydrogens (primary N) is 1. The highest BCUT2D eigenvalue weighted by Crippen LogP contribution is 2.18. The van der Waals surface area contributed by atoms with E-state index in [0.29, 0.717) is 22.8 Å².